The zero-order chi connectivity index (χ0) is 12.4. The van der Waals surface area contributed by atoms with Crippen LogP contribution >= 0.6 is 0 Å². The van der Waals surface area contributed by atoms with Gasteiger partial charge in [-0.25, -0.2) is 4.98 Å². The number of piperazine rings is 1. The Kier molecular flexibility index (Phi) is 3.10. The number of pyridine rings is 1. The van der Waals surface area contributed by atoms with Gasteiger partial charge in [-0.2, -0.15) is 0 Å². The molecular formula is C10H15N5O2. The summed E-state index contributed by atoms with van der Waals surface area (Å²) in [5.41, 5.74) is 6.91. The smallest absolute Gasteiger partial charge is 0.334 e. The highest BCUT2D eigenvalue weighted by Crippen LogP contribution is 2.35. The monoisotopic (exact) mass is 237 g/mol. The van der Waals surface area contributed by atoms with Crippen LogP contribution < -0.4 is 16.0 Å². The molecule has 0 aliphatic carbocycles. The number of nitrogens with two attached hydrogens (primary N) is 1. The van der Waals surface area contributed by atoms with Gasteiger partial charge in [0.2, 0.25) is 5.82 Å². The molecule has 7 nitrogen and oxygen atoms in total. The molecule has 0 aromatic carbocycles. The Morgan fingerprint density at radius 3 is 2.76 bits per heavy atom. The summed E-state index contributed by atoms with van der Waals surface area (Å²) in [6.45, 7) is 4.94. The van der Waals surface area contributed by atoms with Crippen molar-refractivity contribution in [3.05, 3.63) is 21.9 Å². The molecule has 2 rings (SSSR count). The Morgan fingerprint density at radius 2 is 2.18 bits per heavy atom. The summed E-state index contributed by atoms with van der Waals surface area (Å²) < 4.78 is 0. The SMILES string of the molecule is Cc1cnc(N)c([N+](=O)[O-])c1N1CCNCC1. The highest BCUT2D eigenvalue weighted by atomic mass is 16.6. The molecule has 0 unspecified atom stereocenters. The van der Waals surface area contributed by atoms with E-state index < -0.39 is 4.92 Å². The standard InChI is InChI=1S/C10H15N5O2/c1-7-6-13-10(11)9(15(16)17)8(7)14-4-2-12-3-5-14/h6,12H,2-5H2,1H3,(H2,11,13). The summed E-state index contributed by atoms with van der Waals surface area (Å²) in [7, 11) is 0. The van der Waals surface area contributed by atoms with Gasteiger partial charge >= 0.3 is 5.69 Å². The van der Waals surface area contributed by atoms with Crippen LogP contribution in [0.5, 0.6) is 0 Å². The summed E-state index contributed by atoms with van der Waals surface area (Å²) in [5.74, 6) is -0.0193. The fraction of sp³-hybridized carbons (Fsp3) is 0.500. The Labute approximate surface area is 98.8 Å². The van der Waals surface area contributed by atoms with Gasteiger partial charge in [0.05, 0.1) is 4.92 Å². The third-order valence-corrected chi connectivity index (χ3v) is 2.85. The first-order valence-corrected chi connectivity index (χ1v) is 5.46. The average molecular weight is 237 g/mol. The molecule has 1 aliphatic rings. The van der Waals surface area contributed by atoms with Crippen molar-refractivity contribution in [3.8, 4) is 0 Å². The summed E-state index contributed by atoms with van der Waals surface area (Å²) >= 11 is 0. The number of rotatable bonds is 2. The first-order valence-electron chi connectivity index (χ1n) is 5.46. The van der Waals surface area contributed by atoms with Crippen molar-refractivity contribution in [2.75, 3.05) is 36.8 Å². The second kappa shape index (κ2) is 4.54. The molecule has 3 N–H and O–H groups in total. The summed E-state index contributed by atoms with van der Waals surface area (Å²) in [4.78, 5) is 16.5. The van der Waals surface area contributed by atoms with Crippen LogP contribution in [0.3, 0.4) is 0 Å². The lowest BCUT2D eigenvalue weighted by molar-refractivity contribution is -0.383. The third kappa shape index (κ3) is 2.14. The highest BCUT2D eigenvalue weighted by Gasteiger charge is 2.26. The van der Waals surface area contributed by atoms with Crippen molar-refractivity contribution in [1.29, 1.82) is 0 Å². The minimum absolute atomic E-state index is 0.0193. The van der Waals surface area contributed by atoms with Gasteiger partial charge in [-0.3, -0.25) is 10.1 Å². The molecule has 17 heavy (non-hydrogen) atoms. The first kappa shape index (κ1) is 11.6. The second-order valence-electron chi connectivity index (χ2n) is 4.02. The molecule has 0 radical (unpaired) electrons. The average Bonchev–Trinajstić information content (AvgIpc) is 2.32. The van der Waals surface area contributed by atoms with Crippen molar-refractivity contribution in [3.63, 3.8) is 0 Å². The highest BCUT2D eigenvalue weighted by molar-refractivity contribution is 5.75. The third-order valence-electron chi connectivity index (χ3n) is 2.85. The molecule has 2 heterocycles. The van der Waals surface area contributed by atoms with Crippen molar-refractivity contribution in [2.24, 2.45) is 0 Å². The molecule has 1 fully saturated rings. The Balaban J connectivity index is 2.49. The van der Waals surface area contributed by atoms with E-state index in [1.807, 2.05) is 11.8 Å². The number of aromatic nitrogens is 1. The van der Waals surface area contributed by atoms with Crippen LogP contribution in [-0.4, -0.2) is 36.1 Å². The van der Waals surface area contributed by atoms with Gasteiger partial charge in [-0.1, -0.05) is 0 Å². The molecule has 92 valence electrons. The molecule has 1 aromatic rings. The van der Waals surface area contributed by atoms with Crippen molar-refractivity contribution < 1.29 is 4.92 Å². The number of nitrogens with zero attached hydrogens (tertiary/aromatic N) is 3. The van der Waals surface area contributed by atoms with Crippen molar-refractivity contribution >= 4 is 17.2 Å². The van der Waals surface area contributed by atoms with E-state index in [0.29, 0.717) is 5.69 Å². The predicted octanol–water partition coefficient (Wildman–Crippen LogP) is 0.290. The minimum Gasteiger partial charge on any atom is -0.378 e. The summed E-state index contributed by atoms with van der Waals surface area (Å²) in [6.07, 6.45) is 1.58. The van der Waals surface area contributed by atoms with Gasteiger partial charge in [0, 0.05) is 32.4 Å². The van der Waals surface area contributed by atoms with Crippen LogP contribution in [0.25, 0.3) is 0 Å². The Bertz CT molecular complexity index is 443. The van der Waals surface area contributed by atoms with E-state index in [-0.39, 0.29) is 11.5 Å². The molecular weight excluding hydrogens is 222 g/mol. The Morgan fingerprint density at radius 1 is 1.53 bits per heavy atom. The van der Waals surface area contributed by atoms with Crippen molar-refractivity contribution in [1.82, 2.24) is 10.3 Å². The molecule has 7 heteroatoms. The number of nitrogen functional groups attached to an aromatic ring is 1. The van der Waals surface area contributed by atoms with Gasteiger partial charge in [-0.15, -0.1) is 0 Å². The normalized spacial score (nSPS) is 15.9. The summed E-state index contributed by atoms with van der Waals surface area (Å²) in [5, 5.41) is 14.3. The lowest BCUT2D eigenvalue weighted by Gasteiger charge is -2.30. The van der Waals surface area contributed by atoms with Crippen LogP contribution in [0, 0.1) is 17.0 Å². The van der Waals surface area contributed by atoms with Crippen LogP contribution in [-0.2, 0) is 0 Å². The number of hydrogen-bond acceptors (Lipinski definition) is 6. The maximum absolute atomic E-state index is 11.1. The fourth-order valence-electron chi connectivity index (χ4n) is 2.06. The minimum atomic E-state index is -0.452. The van der Waals surface area contributed by atoms with Crippen LogP contribution in [0.15, 0.2) is 6.20 Å². The van der Waals surface area contributed by atoms with Crippen LogP contribution in [0.2, 0.25) is 0 Å². The van der Waals surface area contributed by atoms with E-state index >= 15 is 0 Å². The van der Waals surface area contributed by atoms with E-state index in [1.165, 1.54) is 0 Å². The lowest BCUT2D eigenvalue weighted by Crippen LogP contribution is -2.44. The predicted molar refractivity (Wildman–Crippen MR) is 65.1 cm³/mol. The molecule has 0 bridgehead atoms. The molecule has 0 atom stereocenters. The molecule has 0 spiro atoms. The summed E-state index contributed by atoms with van der Waals surface area (Å²) in [6, 6.07) is 0. The number of nitrogens with one attached hydrogen (secondary N) is 1. The van der Waals surface area contributed by atoms with Gasteiger partial charge in [0.15, 0.2) is 0 Å². The van der Waals surface area contributed by atoms with Gasteiger partial charge < -0.3 is 16.0 Å². The maximum atomic E-state index is 11.1. The fourth-order valence-corrected chi connectivity index (χ4v) is 2.06. The number of nitro groups is 1. The largest absolute Gasteiger partial charge is 0.378 e. The lowest BCUT2D eigenvalue weighted by atomic mass is 10.1. The van der Waals surface area contributed by atoms with E-state index in [4.69, 9.17) is 5.73 Å². The number of aryl methyl sites for hydroxylation is 1. The first-order chi connectivity index (χ1) is 8.11. The maximum Gasteiger partial charge on any atom is 0.334 e. The van der Waals surface area contributed by atoms with Gasteiger partial charge in [0.1, 0.15) is 5.69 Å². The number of hydrogen-bond donors (Lipinski definition) is 2. The Hall–Kier alpha value is -1.89. The van der Waals surface area contributed by atoms with E-state index in [0.717, 1.165) is 31.7 Å². The second-order valence-corrected chi connectivity index (χ2v) is 4.02. The van der Waals surface area contributed by atoms with E-state index in [1.54, 1.807) is 6.20 Å². The number of anilines is 2. The van der Waals surface area contributed by atoms with Crippen molar-refractivity contribution in [2.45, 2.75) is 6.92 Å². The molecule has 0 amide bonds. The molecule has 1 aromatic heterocycles. The van der Waals surface area contributed by atoms with E-state index in [2.05, 4.69) is 10.3 Å². The molecule has 1 saturated heterocycles. The van der Waals surface area contributed by atoms with Crippen LogP contribution in [0.4, 0.5) is 17.2 Å². The van der Waals surface area contributed by atoms with Gasteiger partial charge in [-0.05, 0) is 12.5 Å². The van der Waals surface area contributed by atoms with Crippen LogP contribution in [0.1, 0.15) is 5.56 Å². The van der Waals surface area contributed by atoms with E-state index in [9.17, 15) is 10.1 Å². The topological polar surface area (TPSA) is 97.3 Å². The molecule has 0 saturated carbocycles. The molecule has 1 aliphatic heterocycles. The quantitative estimate of drug-likeness (QED) is 0.566. The zero-order valence-electron chi connectivity index (χ0n) is 9.64. The van der Waals surface area contributed by atoms with Gasteiger partial charge in [0.25, 0.3) is 0 Å². The zero-order valence-corrected chi connectivity index (χ0v) is 9.64.